The largest absolute Gasteiger partial charge is 0.434 e. The van der Waals surface area contributed by atoms with Crippen molar-refractivity contribution in [2.45, 2.75) is 85.5 Å². The summed E-state index contributed by atoms with van der Waals surface area (Å²) in [4.78, 5) is 37.4. The SMILES string of the molecule is CCCCC(=O)OC=C1C[C@H]2[C@@H]3CC[C@H](C(C)=O)[C@@]3(C)CC[C@@H]2[C@]2(C)C1=CC(=O)CC2CCl. The Balaban J connectivity index is 1.73. The van der Waals surface area contributed by atoms with Crippen molar-refractivity contribution >= 4 is 29.1 Å². The van der Waals surface area contributed by atoms with Gasteiger partial charge in [0.1, 0.15) is 5.78 Å². The summed E-state index contributed by atoms with van der Waals surface area (Å²) in [5, 5.41) is 0. The number of Topliss-reactive ketones (excluding diaryl/α,β-unsaturated/α-hetero) is 1. The molecule has 5 heteroatoms. The van der Waals surface area contributed by atoms with E-state index < -0.39 is 0 Å². The van der Waals surface area contributed by atoms with Crippen LogP contribution in [0.2, 0.25) is 0 Å². The number of hydrogen-bond donors (Lipinski definition) is 0. The van der Waals surface area contributed by atoms with Crippen molar-refractivity contribution < 1.29 is 19.1 Å². The maximum atomic E-state index is 12.7. The Morgan fingerprint density at radius 3 is 2.61 bits per heavy atom. The number of esters is 1. The average molecular weight is 475 g/mol. The van der Waals surface area contributed by atoms with Crippen LogP contribution in [-0.2, 0) is 19.1 Å². The minimum absolute atomic E-state index is 0.0361. The zero-order chi connectivity index (χ0) is 24.0. The first kappa shape index (κ1) is 24.7. The predicted octanol–water partition coefficient (Wildman–Crippen LogP) is 6.42. The second kappa shape index (κ2) is 9.32. The van der Waals surface area contributed by atoms with Gasteiger partial charge in [0.15, 0.2) is 5.78 Å². The Morgan fingerprint density at radius 2 is 1.94 bits per heavy atom. The van der Waals surface area contributed by atoms with Crippen LogP contribution in [0.15, 0.2) is 23.5 Å². The van der Waals surface area contributed by atoms with E-state index in [4.69, 9.17) is 16.3 Å². The molecule has 0 N–H and O–H groups in total. The number of fused-ring (bicyclic) bond motifs is 5. The van der Waals surface area contributed by atoms with Crippen LogP contribution in [0.3, 0.4) is 0 Å². The Kier molecular flexibility index (Phi) is 6.98. The van der Waals surface area contributed by atoms with Crippen LogP contribution >= 0.6 is 11.6 Å². The van der Waals surface area contributed by atoms with Crippen LogP contribution < -0.4 is 0 Å². The zero-order valence-electron chi connectivity index (χ0n) is 20.6. The van der Waals surface area contributed by atoms with E-state index in [-0.39, 0.29) is 34.4 Å². The molecule has 4 nitrogen and oxygen atoms in total. The van der Waals surface area contributed by atoms with Gasteiger partial charge in [0.25, 0.3) is 0 Å². The second-order valence-corrected chi connectivity index (χ2v) is 11.8. The molecule has 3 saturated carbocycles. The van der Waals surface area contributed by atoms with Gasteiger partial charge in [0, 0.05) is 30.1 Å². The highest BCUT2D eigenvalue weighted by molar-refractivity contribution is 6.18. The lowest BCUT2D eigenvalue weighted by molar-refractivity contribution is -0.138. The van der Waals surface area contributed by atoms with Gasteiger partial charge in [-0.15, -0.1) is 11.6 Å². The third-order valence-electron chi connectivity index (χ3n) is 9.93. The smallest absolute Gasteiger partial charge is 0.310 e. The first-order chi connectivity index (χ1) is 15.7. The number of allylic oxidation sites excluding steroid dienone is 2. The summed E-state index contributed by atoms with van der Waals surface area (Å²) in [5.74, 6) is 2.21. The summed E-state index contributed by atoms with van der Waals surface area (Å²) in [6, 6.07) is 0. The van der Waals surface area contributed by atoms with Gasteiger partial charge in [-0.05, 0) is 91.8 Å². The first-order valence-electron chi connectivity index (χ1n) is 12.9. The van der Waals surface area contributed by atoms with Gasteiger partial charge in [-0.3, -0.25) is 14.4 Å². The summed E-state index contributed by atoms with van der Waals surface area (Å²) in [7, 11) is 0. The Bertz CT molecular complexity index is 888. The molecule has 182 valence electrons. The number of alkyl halides is 1. The van der Waals surface area contributed by atoms with E-state index in [1.165, 1.54) is 0 Å². The topological polar surface area (TPSA) is 60.4 Å². The molecule has 7 atom stereocenters. The van der Waals surface area contributed by atoms with Crippen LogP contribution in [0.1, 0.15) is 85.5 Å². The maximum Gasteiger partial charge on any atom is 0.310 e. The minimum Gasteiger partial charge on any atom is -0.434 e. The van der Waals surface area contributed by atoms with Gasteiger partial charge in [-0.2, -0.15) is 0 Å². The standard InChI is InChI=1S/C28H39ClO4/c1-5-6-7-26(32)33-16-18-12-21-23-9-8-22(17(2)30)27(23,3)11-10-24(21)28(4)19(15-29)13-20(31)14-25(18)28/h14,16,19,21-24H,5-13,15H2,1-4H3/t19?,21-,22+,23-,24-,27+,28+/m0/s1. The molecule has 0 aromatic heterocycles. The van der Waals surface area contributed by atoms with Crippen molar-refractivity contribution in [2.75, 3.05) is 5.88 Å². The van der Waals surface area contributed by atoms with Crippen molar-refractivity contribution in [2.24, 2.45) is 40.4 Å². The summed E-state index contributed by atoms with van der Waals surface area (Å²) in [5.41, 5.74) is 1.85. The molecule has 3 fully saturated rings. The van der Waals surface area contributed by atoms with E-state index in [0.717, 1.165) is 56.1 Å². The number of ketones is 2. The van der Waals surface area contributed by atoms with Gasteiger partial charge in [-0.1, -0.05) is 27.2 Å². The molecule has 1 unspecified atom stereocenters. The van der Waals surface area contributed by atoms with E-state index in [0.29, 0.717) is 42.3 Å². The van der Waals surface area contributed by atoms with E-state index in [2.05, 4.69) is 20.8 Å². The maximum absolute atomic E-state index is 12.7. The number of carbonyl (C=O) groups excluding carboxylic acids is 3. The fraction of sp³-hybridized carbons (Fsp3) is 0.750. The molecule has 0 saturated heterocycles. The van der Waals surface area contributed by atoms with Crippen LogP contribution in [0, 0.1) is 40.4 Å². The molecule has 33 heavy (non-hydrogen) atoms. The number of rotatable bonds is 6. The highest BCUT2D eigenvalue weighted by Gasteiger charge is 2.62. The lowest BCUT2D eigenvalue weighted by atomic mass is 9.44. The van der Waals surface area contributed by atoms with Crippen LogP contribution in [0.25, 0.3) is 0 Å². The number of carbonyl (C=O) groups is 3. The summed E-state index contributed by atoms with van der Waals surface area (Å²) in [6.45, 7) is 8.43. The van der Waals surface area contributed by atoms with Crippen molar-refractivity contribution in [3.05, 3.63) is 23.5 Å². The second-order valence-electron chi connectivity index (χ2n) is 11.5. The van der Waals surface area contributed by atoms with Crippen LogP contribution in [0.5, 0.6) is 0 Å². The number of ether oxygens (including phenoxy) is 1. The fourth-order valence-electron chi connectivity index (χ4n) is 8.18. The number of unbranched alkanes of at least 4 members (excludes halogenated alkanes) is 1. The van der Waals surface area contributed by atoms with Crippen molar-refractivity contribution in [1.82, 2.24) is 0 Å². The van der Waals surface area contributed by atoms with E-state index in [1.807, 2.05) is 6.08 Å². The quantitative estimate of drug-likeness (QED) is 0.253. The zero-order valence-corrected chi connectivity index (χ0v) is 21.4. The van der Waals surface area contributed by atoms with E-state index >= 15 is 0 Å². The lowest BCUT2D eigenvalue weighted by Crippen LogP contribution is -2.54. The highest BCUT2D eigenvalue weighted by Crippen LogP contribution is 2.68. The summed E-state index contributed by atoms with van der Waals surface area (Å²) < 4.78 is 5.62. The van der Waals surface area contributed by atoms with Crippen LogP contribution in [0.4, 0.5) is 0 Å². The average Bonchev–Trinajstić information content (AvgIpc) is 3.14. The Hall–Kier alpha value is -1.42. The molecule has 0 heterocycles. The van der Waals surface area contributed by atoms with Gasteiger partial charge in [0.2, 0.25) is 0 Å². The van der Waals surface area contributed by atoms with Gasteiger partial charge in [-0.25, -0.2) is 0 Å². The number of hydrogen-bond acceptors (Lipinski definition) is 4. The van der Waals surface area contributed by atoms with E-state index in [9.17, 15) is 14.4 Å². The normalized spacial score (nSPS) is 41.1. The minimum atomic E-state index is -0.212. The van der Waals surface area contributed by atoms with Crippen molar-refractivity contribution in [1.29, 1.82) is 0 Å². The molecule has 0 radical (unpaired) electrons. The third-order valence-corrected chi connectivity index (χ3v) is 10.3. The summed E-state index contributed by atoms with van der Waals surface area (Å²) >= 11 is 6.49. The Labute approximate surface area is 203 Å². The molecule has 4 rings (SSSR count). The Morgan fingerprint density at radius 1 is 1.18 bits per heavy atom. The predicted molar refractivity (Wildman–Crippen MR) is 130 cm³/mol. The highest BCUT2D eigenvalue weighted by atomic mass is 35.5. The van der Waals surface area contributed by atoms with Crippen LogP contribution in [-0.4, -0.2) is 23.4 Å². The molecule has 0 spiro atoms. The van der Waals surface area contributed by atoms with Gasteiger partial charge >= 0.3 is 5.97 Å². The van der Waals surface area contributed by atoms with Gasteiger partial charge in [0.05, 0.1) is 6.26 Å². The monoisotopic (exact) mass is 474 g/mol. The fourth-order valence-corrected chi connectivity index (χ4v) is 8.61. The van der Waals surface area contributed by atoms with Gasteiger partial charge < -0.3 is 4.74 Å². The first-order valence-corrected chi connectivity index (χ1v) is 13.4. The molecule has 4 aliphatic carbocycles. The molecule has 0 aromatic rings. The van der Waals surface area contributed by atoms with Crippen molar-refractivity contribution in [3.63, 3.8) is 0 Å². The van der Waals surface area contributed by atoms with E-state index in [1.54, 1.807) is 13.2 Å². The molecular formula is C28H39ClO4. The molecule has 0 amide bonds. The molecule has 0 aromatic carbocycles. The lowest BCUT2D eigenvalue weighted by Gasteiger charge is -2.60. The summed E-state index contributed by atoms with van der Waals surface area (Å²) in [6.07, 6.45) is 11.1. The molecular weight excluding hydrogens is 436 g/mol. The molecule has 0 bridgehead atoms. The van der Waals surface area contributed by atoms with Crippen molar-refractivity contribution in [3.8, 4) is 0 Å². The molecule has 0 aliphatic heterocycles. The number of halogens is 1. The third kappa shape index (κ3) is 4.05. The molecule has 4 aliphatic rings.